The lowest BCUT2D eigenvalue weighted by Gasteiger charge is -2.15. The molecule has 1 saturated carbocycles. The van der Waals surface area contributed by atoms with E-state index in [4.69, 9.17) is 5.73 Å². The first kappa shape index (κ1) is 16.4. The van der Waals surface area contributed by atoms with Crippen molar-refractivity contribution in [2.75, 3.05) is 0 Å². The Bertz CT molecular complexity index is 55.7. The molecule has 0 aromatic carbocycles. The summed E-state index contributed by atoms with van der Waals surface area (Å²) in [5, 5.41) is 0. The van der Waals surface area contributed by atoms with Crippen molar-refractivity contribution in [3.05, 3.63) is 0 Å². The zero-order valence-corrected chi connectivity index (χ0v) is 6.40. The number of hydrogen-bond acceptors (Lipinski definition) is 2. The van der Waals surface area contributed by atoms with Gasteiger partial charge in [0.15, 0.2) is 0 Å². The Balaban J connectivity index is -0.000000163. The van der Waals surface area contributed by atoms with Crippen LogP contribution in [0.25, 0.3) is 0 Å². The molecule has 0 amide bonds. The van der Waals surface area contributed by atoms with Crippen molar-refractivity contribution in [2.24, 2.45) is 5.73 Å². The molecule has 0 radical (unpaired) electrons. The molecule has 1 aliphatic rings. The normalized spacial score (nSPS) is 17.7. The topological polar surface area (TPSA) is 124 Å². The van der Waals surface area contributed by atoms with Gasteiger partial charge in [-0.05, 0) is 12.8 Å². The Labute approximate surface area is 62.0 Å². The molecular formula is C6H20N2O2. The van der Waals surface area contributed by atoms with E-state index < -0.39 is 0 Å². The predicted molar refractivity (Wildman–Crippen MR) is 43.3 cm³/mol. The average molecular weight is 152 g/mol. The molecule has 0 aromatic rings. The van der Waals surface area contributed by atoms with E-state index >= 15 is 0 Å². The molecule has 0 aromatic heterocycles. The lowest BCUT2D eigenvalue weighted by Crippen LogP contribution is -2.22. The van der Waals surface area contributed by atoms with Gasteiger partial charge in [-0.3, -0.25) is 0 Å². The van der Waals surface area contributed by atoms with Crippen molar-refractivity contribution in [1.82, 2.24) is 6.15 Å². The smallest absolute Gasteiger partial charge is 0.00388 e. The number of nitrogens with two attached hydrogens (primary N) is 1. The van der Waals surface area contributed by atoms with Crippen LogP contribution in [0.1, 0.15) is 32.1 Å². The van der Waals surface area contributed by atoms with Crippen LogP contribution in [0.5, 0.6) is 0 Å². The first-order valence-electron chi connectivity index (χ1n) is 3.15. The van der Waals surface area contributed by atoms with Gasteiger partial charge in [-0.1, -0.05) is 19.3 Å². The Morgan fingerprint density at radius 2 is 1.30 bits per heavy atom. The summed E-state index contributed by atoms with van der Waals surface area (Å²) in [6, 6.07) is 0.536. The maximum atomic E-state index is 5.63. The third-order valence-electron chi connectivity index (χ3n) is 1.65. The Morgan fingerprint density at radius 3 is 1.50 bits per heavy atom. The highest BCUT2D eigenvalue weighted by Crippen LogP contribution is 2.14. The first-order valence-corrected chi connectivity index (χ1v) is 3.15. The van der Waals surface area contributed by atoms with Gasteiger partial charge < -0.3 is 22.8 Å². The van der Waals surface area contributed by atoms with Crippen LogP contribution in [-0.2, 0) is 0 Å². The van der Waals surface area contributed by atoms with Crippen LogP contribution < -0.4 is 11.9 Å². The predicted octanol–water partition coefficient (Wildman–Crippen LogP) is -0.210. The third-order valence-corrected chi connectivity index (χ3v) is 1.65. The molecule has 66 valence electrons. The molecule has 9 N–H and O–H groups in total. The van der Waals surface area contributed by atoms with Crippen molar-refractivity contribution >= 4 is 0 Å². The molecule has 0 saturated heterocycles. The third kappa shape index (κ3) is 5.97. The summed E-state index contributed by atoms with van der Waals surface area (Å²) in [6.07, 6.45) is 6.66. The van der Waals surface area contributed by atoms with Crippen molar-refractivity contribution in [3.63, 3.8) is 0 Å². The standard InChI is InChI=1S/C6H13N.H3N.2H2O/c7-6-4-2-1-3-5-6;;;/h6H,1-5,7H2;1H3;2*1H2. The summed E-state index contributed by atoms with van der Waals surface area (Å²) >= 11 is 0. The van der Waals surface area contributed by atoms with Gasteiger partial charge in [0.1, 0.15) is 0 Å². The first-order chi connectivity index (χ1) is 3.39. The van der Waals surface area contributed by atoms with E-state index in [0.717, 1.165) is 0 Å². The fourth-order valence-corrected chi connectivity index (χ4v) is 1.13. The molecular weight excluding hydrogens is 132 g/mol. The summed E-state index contributed by atoms with van der Waals surface area (Å²) in [6.45, 7) is 0. The molecule has 1 aliphatic carbocycles. The van der Waals surface area contributed by atoms with Crippen molar-refractivity contribution in [1.29, 1.82) is 0 Å². The quantitative estimate of drug-likeness (QED) is 0.498. The van der Waals surface area contributed by atoms with Crippen LogP contribution >= 0.6 is 0 Å². The van der Waals surface area contributed by atoms with Gasteiger partial charge >= 0.3 is 0 Å². The van der Waals surface area contributed by atoms with Crippen molar-refractivity contribution in [3.8, 4) is 0 Å². The SMILES string of the molecule is N.NC1CCCCC1.O.O. The van der Waals surface area contributed by atoms with E-state index in [1.165, 1.54) is 32.1 Å². The summed E-state index contributed by atoms with van der Waals surface area (Å²) in [5.41, 5.74) is 5.63. The summed E-state index contributed by atoms with van der Waals surface area (Å²) in [4.78, 5) is 0. The molecule has 1 fully saturated rings. The second-order valence-electron chi connectivity index (χ2n) is 2.40. The van der Waals surface area contributed by atoms with Gasteiger partial charge in [0.05, 0.1) is 0 Å². The van der Waals surface area contributed by atoms with Crippen LogP contribution in [0.3, 0.4) is 0 Å². The highest BCUT2D eigenvalue weighted by Gasteiger charge is 2.06. The minimum absolute atomic E-state index is 0. The lowest BCUT2D eigenvalue weighted by molar-refractivity contribution is 0.441. The van der Waals surface area contributed by atoms with E-state index in [1.54, 1.807) is 0 Å². The van der Waals surface area contributed by atoms with E-state index in [-0.39, 0.29) is 17.1 Å². The van der Waals surface area contributed by atoms with Crippen LogP contribution in [-0.4, -0.2) is 17.0 Å². The van der Waals surface area contributed by atoms with E-state index in [1.807, 2.05) is 0 Å². The zero-order valence-electron chi connectivity index (χ0n) is 6.40. The highest BCUT2D eigenvalue weighted by molar-refractivity contribution is 4.66. The minimum Gasteiger partial charge on any atom is -0.412 e. The monoisotopic (exact) mass is 152 g/mol. The van der Waals surface area contributed by atoms with Crippen LogP contribution in [0.15, 0.2) is 0 Å². The van der Waals surface area contributed by atoms with Gasteiger partial charge in [-0.15, -0.1) is 0 Å². The van der Waals surface area contributed by atoms with Crippen molar-refractivity contribution in [2.45, 2.75) is 38.1 Å². The second-order valence-corrected chi connectivity index (χ2v) is 2.40. The Kier molecular flexibility index (Phi) is 14.5. The van der Waals surface area contributed by atoms with Gasteiger partial charge in [0.2, 0.25) is 0 Å². The molecule has 4 nitrogen and oxygen atoms in total. The zero-order chi connectivity index (χ0) is 5.11. The summed E-state index contributed by atoms with van der Waals surface area (Å²) < 4.78 is 0. The fraction of sp³-hybridized carbons (Fsp3) is 1.00. The van der Waals surface area contributed by atoms with Gasteiger partial charge in [-0.2, -0.15) is 0 Å². The van der Waals surface area contributed by atoms with Crippen LogP contribution in [0, 0.1) is 0 Å². The second kappa shape index (κ2) is 8.84. The Hall–Kier alpha value is -0.160. The molecule has 0 spiro atoms. The van der Waals surface area contributed by atoms with Gasteiger partial charge in [0, 0.05) is 6.04 Å². The molecule has 0 heterocycles. The van der Waals surface area contributed by atoms with Crippen molar-refractivity contribution < 1.29 is 11.0 Å². The molecule has 1 rings (SSSR count). The fourth-order valence-electron chi connectivity index (χ4n) is 1.13. The molecule has 0 atom stereocenters. The summed E-state index contributed by atoms with van der Waals surface area (Å²) in [5.74, 6) is 0. The number of rotatable bonds is 0. The van der Waals surface area contributed by atoms with Gasteiger partial charge in [-0.25, -0.2) is 0 Å². The molecule has 0 aliphatic heterocycles. The lowest BCUT2D eigenvalue weighted by atomic mass is 9.97. The van der Waals surface area contributed by atoms with E-state index in [2.05, 4.69) is 0 Å². The molecule has 0 bridgehead atoms. The number of hydrogen-bond donors (Lipinski definition) is 2. The largest absolute Gasteiger partial charge is 0.412 e. The van der Waals surface area contributed by atoms with Crippen LogP contribution in [0.4, 0.5) is 0 Å². The Morgan fingerprint density at radius 1 is 0.900 bits per heavy atom. The summed E-state index contributed by atoms with van der Waals surface area (Å²) in [7, 11) is 0. The molecule has 0 unspecified atom stereocenters. The van der Waals surface area contributed by atoms with E-state index in [0.29, 0.717) is 6.04 Å². The average Bonchev–Trinajstić information content (AvgIpc) is 1.69. The minimum atomic E-state index is 0. The van der Waals surface area contributed by atoms with E-state index in [9.17, 15) is 0 Å². The molecule has 4 heteroatoms. The van der Waals surface area contributed by atoms with Crippen LogP contribution in [0.2, 0.25) is 0 Å². The maximum absolute atomic E-state index is 5.63. The highest BCUT2D eigenvalue weighted by atomic mass is 16.0. The van der Waals surface area contributed by atoms with Gasteiger partial charge in [0.25, 0.3) is 0 Å². The maximum Gasteiger partial charge on any atom is 0.00388 e. The molecule has 10 heavy (non-hydrogen) atoms.